The van der Waals surface area contributed by atoms with E-state index in [4.69, 9.17) is 0 Å². The molecule has 2 rings (SSSR count). The number of benzene rings is 1. The van der Waals surface area contributed by atoms with E-state index in [9.17, 15) is 13.6 Å². The van der Waals surface area contributed by atoms with Crippen molar-refractivity contribution >= 4 is 5.97 Å². The van der Waals surface area contributed by atoms with Crippen LogP contribution in [0.4, 0.5) is 8.78 Å². The van der Waals surface area contributed by atoms with Crippen molar-refractivity contribution in [1.82, 2.24) is 0 Å². The van der Waals surface area contributed by atoms with Crippen LogP contribution in [0.15, 0.2) is 18.2 Å². The summed E-state index contributed by atoms with van der Waals surface area (Å²) in [6.45, 7) is 0. The molecule has 0 bridgehead atoms. The summed E-state index contributed by atoms with van der Waals surface area (Å²) >= 11 is 0. The monoisotopic (exact) mass is 212 g/mol. The van der Waals surface area contributed by atoms with Gasteiger partial charge in [-0.15, -0.1) is 0 Å². The molecule has 1 aromatic rings. The number of methoxy groups -OCH3 is 1. The first-order valence-electron chi connectivity index (χ1n) is 4.66. The fourth-order valence-corrected chi connectivity index (χ4v) is 1.72. The Bertz CT molecular complexity index is 404. The minimum atomic E-state index is -0.872. The van der Waals surface area contributed by atoms with Crippen molar-refractivity contribution in [2.75, 3.05) is 7.11 Å². The number of carbonyl (C=O) groups excluding carboxylic acids is 1. The molecule has 0 unspecified atom stereocenters. The largest absolute Gasteiger partial charge is 0.469 e. The molecule has 0 spiro atoms. The average molecular weight is 212 g/mol. The molecule has 2 atom stereocenters. The molecule has 1 fully saturated rings. The van der Waals surface area contributed by atoms with E-state index in [0.29, 0.717) is 12.0 Å². The van der Waals surface area contributed by atoms with Crippen LogP contribution in [0.1, 0.15) is 17.9 Å². The van der Waals surface area contributed by atoms with E-state index in [1.165, 1.54) is 13.2 Å². The van der Waals surface area contributed by atoms with Gasteiger partial charge in [-0.1, -0.05) is 6.07 Å². The zero-order valence-electron chi connectivity index (χ0n) is 8.17. The molecule has 80 valence electrons. The van der Waals surface area contributed by atoms with Gasteiger partial charge in [0.1, 0.15) is 0 Å². The molecular weight excluding hydrogens is 202 g/mol. The summed E-state index contributed by atoms with van der Waals surface area (Å²) in [6.07, 6.45) is 0.651. The van der Waals surface area contributed by atoms with E-state index in [-0.39, 0.29) is 17.8 Å². The molecule has 0 aromatic heterocycles. The van der Waals surface area contributed by atoms with Gasteiger partial charge in [-0.05, 0) is 30.0 Å². The van der Waals surface area contributed by atoms with Crippen LogP contribution in [0.5, 0.6) is 0 Å². The van der Waals surface area contributed by atoms with Gasteiger partial charge in [-0.25, -0.2) is 8.78 Å². The molecule has 15 heavy (non-hydrogen) atoms. The van der Waals surface area contributed by atoms with Crippen molar-refractivity contribution in [1.29, 1.82) is 0 Å². The summed E-state index contributed by atoms with van der Waals surface area (Å²) in [6, 6.07) is 3.73. The Morgan fingerprint density at radius 2 is 2.13 bits per heavy atom. The predicted molar refractivity (Wildman–Crippen MR) is 49.2 cm³/mol. The van der Waals surface area contributed by atoms with E-state index >= 15 is 0 Å². The lowest BCUT2D eigenvalue weighted by Crippen LogP contribution is -2.04. The normalized spacial score (nSPS) is 23.7. The Morgan fingerprint density at radius 1 is 1.40 bits per heavy atom. The quantitative estimate of drug-likeness (QED) is 0.703. The summed E-state index contributed by atoms with van der Waals surface area (Å²) in [7, 11) is 1.32. The summed E-state index contributed by atoms with van der Waals surface area (Å²) in [5, 5.41) is 0. The van der Waals surface area contributed by atoms with Crippen LogP contribution >= 0.6 is 0 Å². The summed E-state index contributed by atoms with van der Waals surface area (Å²) in [5.41, 5.74) is 0.657. The number of carbonyl (C=O) groups is 1. The van der Waals surface area contributed by atoms with Crippen LogP contribution in [0.25, 0.3) is 0 Å². The van der Waals surface area contributed by atoms with Gasteiger partial charge < -0.3 is 4.74 Å². The van der Waals surface area contributed by atoms with Crippen LogP contribution in [-0.4, -0.2) is 13.1 Å². The van der Waals surface area contributed by atoms with E-state index < -0.39 is 11.6 Å². The van der Waals surface area contributed by atoms with Gasteiger partial charge in [0.15, 0.2) is 11.6 Å². The first kappa shape index (κ1) is 10.1. The van der Waals surface area contributed by atoms with E-state index in [0.717, 1.165) is 12.1 Å². The van der Waals surface area contributed by atoms with Crippen molar-refractivity contribution in [2.45, 2.75) is 12.3 Å². The number of hydrogen-bond acceptors (Lipinski definition) is 2. The maximum atomic E-state index is 12.9. The number of halogens is 2. The fourth-order valence-electron chi connectivity index (χ4n) is 1.72. The van der Waals surface area contributed by atoms with Gasteiger partial charge in [0.2, 0.25) is 0 Å². The molecule has 1 aromatic carbocycles. The average Bonchev–Trinajstić information content (AvgIpc) is 3.01. The first-order chi connectivity index (χ1) is 7.13. The lowest BCUT2D eigenvalue weighted by molar-refractivity contribution is -0.142. The topological polar surface area (TPSA) is 26.3 Å². The number of esters is 1. The second-order valence-corrected chi connectivity index (χ2v) is 3.65. The summed E-state index contributed by atoms with van der Waals surface area (Å²) in [4.78, 5) is 11.1. The molecule has 2 nitrogen and oxygen atoms in total. The lowest BCUT2D eigenvalue weighted by atomic mass is 10.1. The van der Waals surface area contributed by atoms with Crippen molar-refractivity contribution in [2.24, 2.45) is 5.92 Å². The summed E-state index contributed by atoms with van der Waals surface area (Å²) < 4.78 is 30.1. The van der Waals surface area contributed by atoms with Crippen LogP contribution < -0.4 is 0 Å². The predicted octanol–water partition coefficient (Wildman–Crippen LogP) is 2.24. The molecule has 0 amide bonds. The van der Waals surface area contributed by atoms with Crippen LogP contribution in [0, 0.1) is 17.6 Å². The van der Waals surface area contributed by atoms with E-state index in [1.54, 1.807) is 0 Å². The minimum Gasteiger partial charge on any atom is -0.469 e. The Balaban J connectivity index is 2.13. The fraction of sp³-hybridized carbons (Fsp3) is 0.364. The maximum Gasteiger partial charge on any atom is 0.309 e. The number of rotatable bonds is 2. The zero-order chi connectivity index (χ0) is 11.0. The molecule has 1 aliphatic carbocycles. The van der Waals surface area contributed by atoms with Crippen molar-refractivity contribution in [3.05, 3.63) is 35.4 Å². The molecule has 4 heteroatoms. The van der Waals surface area contributed by atoms with Crippen molar-refractivity contribution in [3.8, 4) is 0 Å². The van der Waals surface area contributed by atoms with Crippen LogP contribution in [-0.2, 0) is 9.53 Å². The standard InChI is InChI=1S/C11H10F2O2/c1-15-11(14)8-5-7(8)6-2-3-9(12)10(13)4-6/h2-4,7-8H,5H2,1H3/t7-,8+/m0/s1. The SMILES string of the molecule is COC(=O)[C@@H]1C[C@H]1c1ccc(F)c(F)c1. The van der Waals surface area contributed by atoms with E-state index in [2.05, 4.69) is 4.74 Å². The lowest BCUT2D eigenvalue weighted by Gasteiger charge is -2.00. The van der Waals surface area contributed by atoms with Crippen molar-refractivity contribution in [3.63, 3.8) is 0 Å². The molecule has 0 N–H and O–H groups in total. The minimum absolute atomic E-state index is 0.0208. The van der Waals surface area contributed by atoms with Gasteiger partial charge in [-0.3, -0.25) is 4.79 Å². The molecular formula is C11H10F2O2. The zero-order valence-corrected chi connectivity index (χ0v) is 8.17. The second-order valence-electron chi connectivity index (χ2n) is 3.65. The Hall–Kier alpha value is -1.45. The first-order valence-corrected chi connectivity index (χ1v) is 4.66. The van der Waals surface area contributed by atoms with Gasteiger partial charge in [-0.2, -0.15) is 0 Å². The smallest absolute Gasteiger partial charge is 0.309 e. The Labute approximate surface area is 85.9 Å². The van der Waals surface area contributed by atoms with E-state index in [1.807, 2.05) is 0 Å². The molecule has 0 radical (unpaired) electrons. The molecule has 0 saturated heterocycles. The Kier molecular flexibility index (Phi) is 2.42. The highest BCUT2D eigenvalue weighted by Gasteiger charge is 2.45. The van der Waals surface area contributed by atoms with Crippen LogP contribution in [0.2, 0.25) is 0 Å². The molecule has 1 saturated carbocycles. The third kappa shape index (κ3) is 1.84. The second kappa shape index (κ2) is 3.61. The van der Waals surface area contributed by atoms with Gasteiger partial charge in [0.25, 0.3) is 0 Å². The van der Waals surface area contributed by atoms with Gasteiger partial charge >= 0.3 is 5.97 Å². The summed E-state index contributed by atoms with van der Waals surface area (Å²) in [5.74, 6) is -2.24. The molecule has 0 aliphatic heterocycles. The van der Waals surface area contributed by atoms with Crippen LogP contribution in [0.3, 0.4) is 0 Å². The molecule has 1 aliphatic rings. The number of hydrogen-bond donors (Lipinski definition) is 0. The third-order valence-corrected chi connectivity index (χ3v) is 2.67. The highest BCUT2D eigenvalue weighted by Crippen LogP contribution is 2.48. The number of ether oxygens (including phenoxy) is 1. The van der Waals surface area contributed by atoms with Gasteiger partial charge in [0.05, 0.1) is 13.0 Å². The Morgan fingerprint density at radius 3 is 2.73 bits per heavy atom. The molecule has 0 heterocycles. The maximum absolute atomic E-state index is 12.9. The highest BCUT2D eigenvalue weighted by atomic mass is 19.2. The third-order valence-electron chi connectivity index (χ3n) is 2.67. The van der Waals surface area contributed by atoms with Crippen molar-refractivity contribution < 1.29 is 18.3 Å². The highest BCUT2D eigenvalue weighted by molar-refractivity contribution is 5.77. The van der Waals surface area contributed by atoms with Gasteiger partial charge in [0, 0.05) is 0 Å².